The first-order chi connectivity index (χ1) is 9.66. The lowest BCUT2D eigenvalue weighted by Gasteiger charge is -2.26. The summed E-state index contributed by atoms with van der Waals surface area (Å²) in [4.78, 5) is 26.5. The molecule has 3 rings (SSSR count). The number of halogens is 1. The van der Waals surface area contributed by atoms with E-state index in [1.807, 2.05) is 0 Å². The molecule has 1 aliphatic rings. The molecule has 2 aromatic rings. The third-order valence-electron chi connectivity index (χ3n) is 3.61. The van der Waals surface area contributed by atoms with Crippen LogP contribution in [0.4, 0.5) is 0 Å². The van der Waals surface area contributed by atoms with Crippen LogP contribution >= 0.6 is 11.6 Å². The minimum Gasteiger partial charge on any atom is -0.463 e. The summed E-state index contributed by atoms with van der Waals surface area (Å²) >= 11 is 5.90. The second-order valence-corrected chi connectivity index (χ2v) is 5.41. The van der Waals surface area contributed by atoms with E-state index >= 15 is 0 Å². The van der Waals surface area contributed by atoms with Crippen LogP contribution in [0, 0.1) is 0 Å². The van der Waals surface area contributed by atoms with Crippen LogP contribution in [-0.4, -0.2) is 23.9 Å². The summed E-state index contributed by atoms with van der Waals surface area (Å²) in [6.07, 6.45) is 4.36. The van der Waals surface area contributed by atoms with Gasteiger partial charge in [-0.25, -0.2) is 0 Å². The van der Waals surface area contributed by atoms with Gasteiger partial charge in [0.2, 0.25) is 5.43 Å². The quantitative estimate of drug-likeness (QED) is 0.811. The van der Waals surface area contributed by atoms with Gasteiger partial charge in [0.15, 0.2) is 0 Å². The molecule has 0 radical (unpaired) electrons. The Morgan fingerprint density at radius 3 is 2.70 bits per heavy atom. The zero-order chi connectivity index (χ0) is 14.1. The predicted octanol–water partition coefficient (Wildman–Crippen LogP) is 3.07. The Bertz CT molecular complexity index is 717. The summed E-state index contributed by atoms with van der Waals surface area (Å²) in [6, 6.07) is 4.82. The molecule has 0 atom stereocenters. The first-order valence-electron chi connectivity index (χ1n) is 6.67. The number of carbonyl (C=O) groups is 1. The number of amides is 1. The van der Waals surface area contributed by atoms with Gasteiger partial charge in [-0.3, -0.25) is 9.59 Å². The van der Waals surface area contributed by atoms with Crippen molar-refractivity contribution < 1.29 is 9.21 Å². The Balaban J connectivity index is 2.05. The van der Waals surface area contributed by atoms with Crippen molar-refractivity contribution in [3.63, 3.8) is 0 Å². The highest BCUT2D eigenvalue weighted by molar-refractivity contribution is 6.31. The Hall–Kier alpha value is -1.81. The van der Waals surface area contributed by atoms with E-state index in [1.54, 1.807) is 17.0 Å². The molecule has 1 aromatic carbocycles. The van der Waals surface area contributed by atoms with Gasteiger partial charge < -0.3 is 9.32 Å². The Morgan fingerprint density at radius 1 is 1.20 bits per heavy atom. The molecule has 1 saturated heterocycles. The molecule has 20 heavy (non-hydrogen) atoms. The van der Waals surface area contributed by atoms with Crippen LogP contribution in [-0.2, 0) is 0 Å². The van der Waals surface area contributed by atoms with Gasteiger partial charge in [-0.05, 0) is 37.5 Å². The van der Waals surface area contributed by atoms with E-state index in [0.717, 1.165) is 19.3 Å². The summed E-state index contributed by atoms with van der Waals surface area (Å²) in [7, 11) is 0. The van der Waals surface area contributed by atoms with E-state index in [-0.39, 0.29) is 16.9 Å². The lowest BCUT2D eigenvalue weighted by Crippen LogP contribution is -2.37. The van der Waals surface area contributed by atoms with Crippen LogP contribution < -0.4 is 5.43 Å². The van der Waals surface area contributed by atoms with Crippen LogP contribution in [0.3, 0.4) is 0 Å². The normalized spacial score (nSPS) is 15.6. The van der Waals surface area contributed by atoms with Gasteiger partial charge in [0.1, 0.15) is 17.4 Å². The van der Waals surface area contributed by atoms with Crippen molar-refractivity contribution in [3.8, 4) is 0 Å². The lowest BCUT2D eigenvalue weighted by atomic mass is 10.1. The molecule has 1 aliphatic heterocycles. The highest BCUT2D eigenvalue weighted by atomic mass is 35.5. The Kier molecular flexibility index (Phi) is 3.49. The van der Waals surface area contributed by atoms with Gasteiger partial charge in [-0.15, -0.1) is 0 Å². The van der Waals surface area contributed by atoms with Crippen LogP contribution in [0.5, 0.6) is 0 Å². The van der Waals surface area contributed by atoms with Crippen LogP contribution in [0.1, 0.15) is 29.6 Å². The van der Waals surface area contributed by atoms with E-state index in [0.29, 0.717) is 29.1 Å². The number of carbonyl (C=O) groups excluding carboxylic acids is 1. The van der Waals surface area contributed by atoms with E-state index in [9.17, 15) is 9.59 Å². The van der Waals surface area contributed by atoms with E-state index in [2.05, 4.69) is 0 Å². The zero-order valence-electron chi connectivity index (χ0n) is 10.9. The number of piperidine rings is 1. The minimum atomic E-state index is -0.315. The van der Waals surface area contributed by atoms with Crippen molar-refractivity contribution in [2.75, 3.05) is 13.1 Å². The molecule has 1 fully saturated rings. The fraction of sp³-hybridized carbons (Fsp3) is 0.333. The maximum atomic E-state index is 12.4. The predicted molar refractivity (Wildman–Crippen MR) is 77.2 cm³/mol. The number of likely N-dealkylation sites (tertiary alicyclic amines) is 1. The molecule has 0 bridgehead atoms. The van der Waals surface area contributed by atoms with Gasteiger partial charge in [-0.1, -0.05) is 11.6 Å². The summed E-state index contributed by atoms with van der Waals surface area (Å²) < 4.78 is 5.38. The van der Waals surface area contributed by atoms with Crippen molar-refractivity contribution in [1.82, 2.24) is 4.90 Å². The average Bonchev–Trinajstić information content (AvgIpc) is 2.48. The highest BCUT2D eigenvalue weighted by Crippen LogP contribution is 2.18. The third-order valence-corrected chi connectivity index (χ3v) is 3.84. The molecule has 1 amide bonds. The number of hydrogen-bond donors (Lipinski definition) is 0. The maximum absolute atomic E-state index is 12.4. The molecule has 0 unspecified atom stereocenters. The maximum Gasteiger partial charge on any atom is 0.261 e. The SMILES string of the molecule is O=C(c1coc2ccc(Cl)cc2c1=O)N1CCCCC1. The highest BCUT2D eigenvalue weighted by Gasteiger charge is 2.22. The fourth-order valence-corrected chi connectivity index (χ4v) is 2.69. The van der Waals surface area contributed by atoms with E-state index in [4.69, 9.17) is 16.0 Å². The van der Waals surface area contributed by atoms with Crippen molar-refractivity contribution in [3.05, 3.63) is 45.3 Å². The number of fused-ring (bicyclic) bond motifs is 1. The molecule has 0 aliphatic carbocycles. The Morgan fingerprint density at radius 2 is 1.95 bits per heavy atom. The van der Waals surface area contributed by atoms with Crippen LogP contribution in [0.2, 0.25) is 5.02 Å². The standard InChI is InChI=1S/C15H14ClNO3/c16-10-4-5-13-11(8-10)14(18)12(9-20-13)15(19)17-6-2-1-3-7-17/h4-5,8-9H,1-3,6-7H2. The molecular formula is C15H14ClNO3. The second-order valence-electron chi connectivity index (χ2n) is 4.97. The van der Waals surface area contributed by atoms with Crippen molar-refractivity contribution in [1.29, 1.82) is 0 Å². The van der Waals surface area contributed by atoms with Gasteiger partial charge in [0.25, 0.3) is 5.91 Å². The molecule has 5 heteroatoms. The molecule has 1 aromatic heterocycles. The zero-order valence-corrected chi connectivity index (χ0v) is 11.7. The fourth-order valence-electron chi connectivity index (χ4n) is 2.52. The molecule has 4 nitrogen and oxygen atoms in total. The van der Waals surface area contributed by atoms with Gasteiger partial charge in [-0.2, -0.15) is 0 Å². The summed E-state index contributed by atoms with van der Waals surface area (Å²) in [5.74, 6) is -0.250. The van der Waals surface area contributed by atoms with Crippen molar-refractivity contribution in [2.45, 2.75) is 19.3 Å². The average molecular weight is 292 g/mol. The van der Waals surface area contributed by atoms with Crippen molar-refractivity contribution >= 4 is 28.5 Å². The number of rotatable bonds is 1. The number of benzene rings is 1. The van der Waals surface area contributed by atoms with Gasteiger partial charge in [0, 0.05) is 18.1 Å². The molecule has 0 N–H and O–H groups in total. The van der Waals surface area contributed by atoms with Gasteiger partial charge in [0.05, 0.1) is 5.39 Å². The second kappa shape index (κ2) is 5.29. The van der Waals surface area contributed by atoms with Gasteiger partial charge >= 0.3 is 0 Å². The van der Waals surface area contributed by atoms with Crippen LogP contribution in [0.25, 0.3) is 11.0 Å². The molecule has 2 heterocycles. The number of hydrogen-bond acceptors (Lipinski definition) is 3. The summed E-state index contributed by atoms with van der Waals surface area (Å²) in [5, 5.41) is 0.799. The molecule has 104 valence electrons. The number of nitrogens with zero attached hydrogens (tertiary/aromatic N) is 1. The first kappa shape index (κ1) is 13.2. The Labute approximate surface area is 120 Å². The molecule has 0 saturated carbocycles. The van der Waals surface area contributed by atoms with E-state index in [1.165, 1.54) is 12.3 Å². The monoisotopic (exact) mass is 291 g/mol. The molecular weight excluding hydrogens is 278 g/mol. The van der Waals surface area contributed by atoms with E-state index < -0.39 is 0 Å². The summed E-state index contributed by atoms with van der Waals surface area (Å²) in [6.45, 7) is 1.40. The van der Waals surface area contributed by atoms with Crippen LogP contribution in [0.15, 0.2) is 33.7 Å². The lowest BCUT2D eigenvalue weighted by molar-refractivity contribution is 0.0721. The smallest absolute Gasteiger partial charge is 0.261 e. The summed E-state index contributed by atoms with van der Waals surface area (Å²) in [5.41, 5.74) is 0.209. The topological polar surface area (TPSA) is 50.5 Å². The molecule has 0 spiro atoms. The largest absolute Gasteiger partial charge is 0.463 e. The minimum absolute atomic E-state index is 0.0849. The van der Waals surface area contributed by atoms with Crippen molar-refractivity contribution in [2.24, 2.45) is 0 Å². The first-order valence-corrected chi connectivity index (χ1v) is 7.05. The third kappa shape index (κ3) is 2.31.